The summed E-state index contributed by atoms with van der Waals surface area (Å²) in [5, 5.41) is 11.5. The first kappa shape index (κ1) is 20.6. The number of benzene rings is 1. The molecule has 3 rings (SSSR count). The Kier molecular flexibility index (Phi) is 6.92. The first-order valence-corrected chi connectivity index (χ1v) is 10.1. The summed E-state index contributed by atoms with van der Waals surface area (Å²) in [6, 6.07) is 9.45. The minimum absolute atomic E-state index is 0.121. The maximum Gasteiger partial charge on any atom is 0.222 e. The molecule has 1 aliphatic rings. The van der Waals surface area contributed by atoms with E-state index < -0.39 is 5.60 Å². The molecule has 1 aliphatic heterocycles. The van der Waals surface area contributed by atoms with Gasteiger partial charge in [0.2, 0.25) is 5.91 Å². The van der Waals surface area contributed by atoms with Crippen LogP contribution in [0.25, 0.3) is 0 Å². The molecule has 5 nitrogen and oxygen atoms in total. The van der Waals surface area contributed by atoms with Crippen molar-refractivity contribution < 1.29 is 14.6 Å². The average molecular weight is 403 g/mol. The number of aromatic nitrogens is 1. The second-order valence-corrected chi connectivity index (χ2v) is 7.95. The largest absolute Gasteiger partial charge is 0.489 e. The fourth-order valence-corrected chi connectivity index (χ4v) is 3.63. The Morgan fingerprint density at radius 3 is 2.96 bits per heavy atom. The topological polar surface area (TPSA) is 62.7 Å². The lowest BCUT2D eigenvalue weighted by Crippen LogP contribution is -2.38. The van der Waals surface area contributed by atoms with Gasteiger partial charge in [-0.05, 0) is 61.9 Å². The molecule has 0 aliphatic carbocycles. The maximum atomic E-state index is 12.6. The highest BCUT2D eigenvalue weighted by atomic mass is 35.5. The van der Waals surface area contributed by atoms with Gasteiger partial charge in [0.15, 0.2) is 0 Å². The number of halogens is 1. The zero-order valence-corrected chi connectivity index (χ0v) is 17.0. The van der Waals surface area contributed by atoms with E-state index in [1.54, 1.807) is 18.5 Å². The summed E-state index contributed by atoms with van der Waals surface area (Å²) in [5.41, 5.74) is 1.16. The van der Waals surface area contributed by atoms with E-state index in [9.17, 15) is 9.90 Å². The van der Waals surface area contributed by atoms with Gasteiger partial charge in [-0.3, -0.25) is 9.78 Å². The number of likely N-dealkylation sites (tertiary alicyclic amines) is 1. The molecule has 1 aromatic carbocycles. The predicted molar refractivity (Wildman–Crippen MR) is 110 cm³/mol. The number of amides is 1. The first-order valence-electron chi connectivity index (χ1n) is 9.73. The molecule has 1 saturated heterocycles. The van der Waals surface area contributed by atoms with Crippen molar-refractivity contribution in [1.29, 1.82) is 0 Å². The van der Waals surface area contributed by atoms with E-state index in [0.717, 1.165) is 17.5 Å². The van der Waals surface area contributed by atoms with Crippen LogP contribution in [0.15, 0.2) is 42.7 Å². The van der Waals surface area contributed by atoms with Gasteiger partial charge in [-0.2, -0.15) is 0 Å². The molecule has 2 aromatic rings. The van der Waals surface area contributed by atoms with Gasteiger partial charge in [-0.1, -0.05) is 23.7 Å². The van der Waals surface area contributed by atoms with Crippen LogP contribution in [0.2, 0.25) is 5.02 Å². The van der Waals surface area contributed by atoms with Crippen molar-refractivity contribution in [1.82, 2.24) is 9.88 Å². The molecule has 150 valence electrons. The molecule has 0 radical (unpaired) electrons. The molecular formula is C22H27ClN2O3. The second-order valence-electron chi connectivity index (χ2n) is 7.54. The number of aryl methyl sites for hydroxylation is 2. The molecule has 1 atom stereocenters. The molecule has 1 amide bonds. The Morgan fingerprint density at radius 1 is 1.32 bits per heavy atom. The van der Waals surface area contributed by atoms with Crippen LogP contribution in [0.4, 0.5) is 0 Å². The Morgan fingerprint density at radius 2 is 2.18 bits per heavy atom. The number of aliphatic hydroxyl groups is 1. The lowest BCUT2D eigenvalue weighted by molar-refractivity contribution is -0.131. The van der Waals surface area contributed by atoms with Gasteiger partial charge < -0.3 is 14.7 Å². The highest BCUT2D eigenvalue weighted by Crippen LogP contribution is 2.29. The third-order valence-corrected chi connectivity index (χ3v) is 5.52. The number of hydrogen-bond donors (Lipinski definition) is 1. The van der Waals surface area contributed by atoms with Gasteiger partial charge in [0.1, 0.15) is 18.0 Å². The second kappa shape index (κ2) is 9.39. The number of rotatable bonds is 6. The smallest absolute Gasteiger partial charge is 0.222 e. The fraction of sp³-hybridized carbons (Fsp3) is 0.455. The number of nitrogens with zero attached hydrogens (tertiary/aromatic N) is 2. The van der Waals surface area contributed by atoms with E-state index >= 15 is 0 Å². The van der Waals surface area contributed by atoms with E-state index in [1.165, 1.54) is 0 Å². The number of hydrogen-bond acceptors (Lipinski definition) is 4. The quantitative estimate of drug-likeness (QED) is 0.798. The minimum atomic E-state index is -0.953. The molecule has 0 spiro atoms. The monoisotopic (exact) mass is 402 g/mol. The normalized spacial score (nSPS) is 19.9. The lowest BCUT2D eigenvalue weighted by Gasteiger charge is -2.27. The van der Waals surface area contributed by atoms with Crippen LogP contribution in [0.1, 0.15) is 36.8 Å². The van der Waals surface area contributed by atoms with Crippen molar-refractivity contribution in [3.8, 4) is 5.75 Å². The van der Waals surface area contributed by atoms with Gasteiger partial charge in [0.05, 0.1) is 5.02 Å². The number of carbonyl (C=O) groups is 1. The third kappa shape index (κ3) is 5.69. The van der Waals surface area contributed by atoms with Crippen LogP contribution in [0.3, 0.4) is 0 Å². The summed E-state index contributed by atoms with van der Waals surface area (Å²) < 4.78 is 5.82. The Bertz CT molecular complexity index is 800. The van der Waals surface area contributed by atoms with Gasteiger partial charge in [-0.15, -0.1) is 0 Å². The van der Waals surface area contributed by atoms with Crippen molar-refractivity contribution in [2.24, 2.45) is 0 Å². The van der Waals surface area contributed by atoms with Crippen molar-refractivity contribution in [3.63, 3.8) is 0 Å². The number of carbonyl (C=O) groups excluding carboxylic acids is 1. The van der Waals surface area contributed by atoms with E-state index in [-0.39, 0.29) is 12.5 Å². The van der Waals surface area contributed by atoms with E-state index in [0.29, 0.717) is 49.5 Å². The minimum Gasteiger partial charge on any atom is -0.489 e. The molecule has 0 bridgehead atoms. The summed E-state index contributed by atoms with van der Waals surface area (Å²) in [6.07, 6.45) is 6.51. The summed E-state index contributed by atoms with van der Waals surface area (Å²) in [4.78, 5) is 18.5. The van der Waals surface area contributed by atoms with Crippen LogP contribution in [-0.2, 0) is 11.2 Å². The summed E-state index contributed by atoms with van der Waals surface area (Å²) in [5.74, 6) is 0.708. The summed E-state index contributed by atoms with van der Waals surface area (Å²) >= 11 is 6.18. The third-order valence-electron chi connectivity index (χ3n) is 5.20. The van der Waals surface area contributed by atoms with Crippen LogP contribution < -0.4 is 4.74 Å². The lowest BCUT2D eigenvalue weighted by atomic mass is 9.96. The van der Waals surface area contributed by atoms with E-state index in [1.807, 2.05) is 36.1 Å². The van der Waals surface area contributed by atoms with Crippen molar-refractivity contribution in [3.05, 3.63) is 58.9 Å². The van der Waals surface area contributed by atoms with Gasteiger partial charge >= 0.3 is 0 Å². The maximum absolute atomic E-state index is 12.6. The predicted octanol–water partition coefficient (Wildman–Crippen LogP) is 3.80. The van der Waals surface area contributed by atoms with Gasteiger partial charge in [0, 0.05) is 31.9 Å². The molecule has 6 heteroatoms. The first-order chi connectivity index (χ1) is 13.5. The van der Waals surface area contributed by atoms with Gasteiger partial charge in [0.25, 0.3) is 0 Å². The van der Waals surface area contributed by atoms with Crippen LogP contribution in [0.5, 0.6) is 5.75 Å². The molecule has 0 saturated carbocycles. The fourth-order valence-electron chi connectivity index (χ4n) is 3.46. The zero-order valence-electron chi connectivity index (χ0n) is 16.2. The molecule has 28 heavy (non-hydrogen) atoms. The van der Waals surface area contributed by atoms with Crippen LogP contribution in [0, 0.1) is 6.92 Å². The zero-order chi connectivity index (χ0) is 20.0. The Hall–Kier alpha value is -2.11. The molecule has 1 N–H and O–H groups in total. The summed E-state index contributed by atoms with van der Waals surface area (Å²) in [6.45, 7) is 3.35. The SMILES string of the molecule is Cc1ccc(Cl)c(OCC2(O)CCCN(C(=O)CCc3cccnc3)CC2)c1. The number of ether oxygens (including phenoxy) is 1. The van der Waals surface area contributed by atoms with Crippen molar-refractivity contribution >= 4 is 17.5 Å². The highest BCUT2D eigenvalue weighted by Gasteiger charge is 2.32. The van der Waals surface area contributed by atoms with Crippen molar-refractivity contribution in [2.75, 3.05) is 19.7 Å². The van der Waals surface area contributed by atoms with E-state index in [4.69, 9.17) is 16.3 Å². The molecular weight excluding hydrogens is 376 g/mol. The van der Waals surface area contributed by atoms with Crippen molar-refractivity contribution in [2.45, 2.75) is 44.6 Å². The molecule has 1 fully saturated rings. The molecule has 2 heterocycles. The Balaban J connectivity index is 1.51. The van der Waals surface area contributed by atoms with Crippen LogP contribution in [-0.4, -0.2) is 46.2 Å². The standard InChI is InChI=1S/C22H27ClN2O3/c1-17-5-7-19(23)20(14-17)28-16-22(27)9-3-12-25(13-10-22)21(26)8-6-18-4-2-11-24-15-18/h2,4-5,7,11,14-15,27H,3,6,8-10,12-13,16H2,1H3. The molecule has 1 aromatic heterocycles. The van der Waals surface area contributed by atoms with Crippen LogP contribution >= 0.6 is 11.6 Å². The number of pyridine rings is 1. The highest BCUT2D eigenvalue weighted by molar-refractivity contribution is 6.32. The average Bonchev–Trinajstić information content (AvgIpc) is 2.90. The molecule has 1 unspecified atom stereocenters. The van der Waals surface area contributed by atoms with Gasteiger partial charge in [-0.25, -0.2) is 0 Å². The Labute approximate surface area is 171 Å². The summed E-state index contributed by atoms with van der Waals surface area (Å²) in [7, 11) is 0. The van der Waals surface area contributed by atoms with E-state index in [2.05, 4.69) is 4.98 Å².